The van der Waals surface area contributed by atoms with Crippen LogP contribution in [0.4, 0.5) is 0 Å². The molecule has 2 aromatic rings. The lowest BCUT2D eigenvalue weighted by Crippen LogP contribution is -2.38. The van der Waals surface area contributed by atoms with Crippen LogP contribution in [-0.4, -0.2) is 31.6 Å². The number of nitrogens with zero attached hydrogens (tertiary/aromatic N) is 1. The van der Waals surface area contributed by atoms with Crippen LogP contribution in [0.3, 0.4) is 0 Å². The van der Waals surface area contributed by atoms with Gasteiger partial charge in [0.15, 0.2) is 12.6 Å². The monoisotopic (exact) mass is 496 g/mol. The number of halogens is 1. The number of primary amides is 1. The van der Waals surface area contributed by atoms with Gasteiger partial charge >= 0.3 is 0 Å². The summed E-state index contributed by atoms with van der Waals surface area (Å²) in [5.41, 5.74) is 7.44. The number of amides is 1. The van der Waals surface area contributed by atoms with Crippen LogP contribution in [0.2, 0.25) is 0 Å². The zero-order valence-corrected chi connectivity index (χ0v) is 18.7. The standard InChI is InChI=1S/C21H28N4O2.HI/c1-3-23-21(25-16(2)18-7-5-4-6-8-18)24-14-13-17-9-11-19(12-10-17)27-15-20(22)26;/h4-12,16H,3,13-15H2,1-2H3,(H2,22,26)(H2,23,24,25);1H. The summed E-state index contributed by atoms with van der Waals surface area (Å²) in [6, 6.07) is 18.1. The van der Waals surface area contributed by atoms with E-state index in [1.807, 2.05) is 42.5 Å². The van der Waals surface area contributed by atoms with Crippen molar-refractivity contribution in [2.24, 2.45) is 10.7 Å². The van der Waals surface area contributed by atoms with Crippen LogP contribution in [0.25, 0.3) is 0 Å². The summed E-state index contributed by atoms with van der Waals surface area (Å²) in [6.45, 7) is 5.53. The Hall–Kier alpha value is -2.29. The molecule has 4 N–H and O–H groups in total. The number of nitrogens with two attached hydrogens (primary N) is 1. The first-order chi connectivity index (χ1) is 13.1. The maximum Gasteiger partial charge on any atom is 0.255 e. The summed E-state index contributed by atoms with van der Waals surface area (Å²) in [4.78, 5) is 15.4. The molecule has 0 spiro atoms. The van der Waals surface area contributed by atoms with E-state index in [1.165, 1.54) is 5.56 Å². The zero-order chi connectivity index (χ0) is 19.5. The first-order valence-corrected chi connectivity index (χ1v) is 9.18. The van der Waals surface area contributed by atoms with Gasteiger partial charge < -0.3 is 21.1 Å². The molecule has 0 radical (unpaired) electrons. The lowest BCUT2D eigenvalue weighted by atomic mass is 10.1. The minimum Gasteiger partial charge on any atom is -0.484 e. The van der Waals surface area contributed by atoms with Gasteiger partial charge in [-0.05, 0) is 43.5 Å². The van der Waals surface area contributed by atoms with E-state index in [0.717, 1.165) is 24.5 Å². The summed E-state index contributed by atoms with van der Waals surface area (Å²) in [6.07, 6.45) is 0.812. The summed E-state index contributed by atoms with van der Waals surface area (Å²) in [5, 5.41) is 6.71. The molecule has 0 aliphatic heterocycles. The average Bonchev–Trinajstić information content (AvgIpc) is 2.68. The van der Waals surface area contributed by atoms with Gasteiger partial charge in [-0.2, -0.15) is 0 Å². The Morgan fingerprint density at radius 3 is 2.43 bits per heavy atom. The Morgan fingerprint density at radius 1 is 1.14 bits per heavy atom. The zero-order valence-electron chi connectivity index (χ0n) is 16.4. The third kappa shape index (κ3) is 8.60. The fourth-order valence-corrected chi connectivity index (χ4v) is 2.55. The van der Waals surface area contributed by atoms with Crippen LogP contribution in [0.5, 0.6) is 5.75 Å². The van der Waals surface area contributed by atoms with Crippen molar-refractivity contribution >= 4 is 35.8 Å². The average molecular weight is 496 g/mol. The number of hydrogen-bond donors (Lipinski definition) is 3. The Balaban J connectivity index is 0.00000392. The molecule has 0 bridgehead atoms. The summed E-state index contributed by atoms with van der Waals surface area (Å²) >= 11 is 0. The van der Waals surface area contributed by atoms with Crippen molar-refractivity contribution in [2.75, 3.05) is 19.7 Å². The highest BCUT2D eigenvalue weighted by Gasteiger charge is 2.07. The summed E-state index contributed by atoms with van der Waals surface area (Å²) < 4.78 is 5.26. The van der Waals surface area contributed by atoms with Crippen LogP contribution in [-0.2, 0) is 11.2 Å². The highest BCUT2D eigenvalue weighted by atomic mass is 127. The lowest BCUT2D eigenvalue weighted by molar-refractivity contribution is -0.119. The number of aliphatic imine (C=N–C) groups is 1. The molecular formula is C21H29IN4O2. The second-order valence-electron chi connectivity index (χ2n) is 6.19. The van der Waals surface area contributed by atoms with Crippen molar-refractivity contribution in [2.45, 2.75) is 26.3 Å². The molecule has 0 aliphatic rings. The van der Waals surface area contributed by atoms with Gasteiger partial charge in [0, 0.05) is 13.1 Å². The number of hydrogen-bond acceptors (Lipinski definition) is 3. The summed E-state index contributed by atoms with van der Waals surface area (Å²) in [7, 11) is 0. The van der Waals surface area contributed by atoms with Crippen molar-refractivity contribution in [3.05, 3.63) is 65.7 Å². The number of guanidine groups is 1. The minimum absolute atomic E-state index is 0. The molecule has 1 unspecified atom stereocenters. The number of ether oxygens (including phenoxy) is 1. The van der Waals surface area contributed by atoms with Crippen molar-refractivity contribution < 1.29 is 9.53 Å². The van der Waals surface area contributed by atoms with Gasteiger partial charge in [-0.3, -0.25) is 9.79 Å². The smallest absolute Gasteiger partial charge is 0.255 e. The topological polar surface area (TPSA) is 88.7 Å². The van der Waals surface area contributed by atoms with Crippen LogP contribution in [0.15, 0.2) is 59.6 Å². The molecule has 6 nitrogen and oxygen atoms in total. The Morgan fingerprint density at radius 2 is 1.82 bits per heavy atom. The van der Waals surface area contributed by atoms with E-state index in [0.29, 0.717) is 12.3 Å². The Bertz CT molecular complexity index is 736. The maximum absolute atomic E-state index is 10.7. The van der Waals surface area contributed by atoms with Crippen molar-refractivity contribution in [3.8, 4) is 5.75 Å². The predicted octanol–water partition coefficient (Wildman–Crippen LogP) is 3.03. The molecule has 2 aromatic carbocycles. The van der Waals surface area contributed by atoms with E-state index < -0.39 is 5.91 Å². The van der Waals surface area contributed by atoms with E-state index in [2.05, 4.69) is 41.6 Å². The molecule has 1 atom stereocenters. The third-order valence-electron chi connectivity index (χ3n) is 3.97. The predicted molar refractivity (Wildman–Crippen MR) is 124 cm³/mol. The first kappa shape index (κ1) is 23.7. The molecule has 0 aliphatic carbocycles. The molecule has 7 heteroatoms. The fourth-order valence-electron chi connectivity index (χ4n) is 2.55. The molecule has 0 saturated heterocycles. The van der Waals surface area contributed by atoms with E-state index in [-0.39, 0.29) is 36.6 Å². The molecular weight excluding hydrogens is 467 g/mol. The van der Waals surface area contributed by atoms with Crippen molar-refractivity contribution in [1.82, 2.24) is 10.6 Å². The number of carbonyl (C=O) groups excluding carboxylic acids is 1. The molecule has 152 valence electrons. The molecule has 1 amide bonds. The first-order valence-electron chi connectivity index (χ1n) is 9.18. The van der Waals surface area contributed by atoms with E-state index in [9.17, 15) is 4.79 Å². The number of rotatable bonds is 9. The second kappa shape index (κ2) is 13.0. The Labute approximate surface area is 184 Å². The quantitative estimate of drug-likeness (QED) is 0.283. The SMILES string of the molecule is CCNC(=NCCc1ccc(OCC(N)=O)cc1)NC(C)c1ccccc1.I. The number of carbonyl (C=O) groups is 1. The number of nitrogens with one attached hydrogen (secondary N) is 2. The fraction of sp³-hybridized carbons (Fsp3) is 0.333. The molecule has 0 fully saturated rings. The van der Waals surface area contributed by atoms with Crippen LogP contribution >= 0.6 is 24.0 Å². The molecule has 0 heterocycles. The van der Waals surface area contributed by atoms with Gasteiger partial charge in [0.1, 0.15) is 5.75 Å². The molecule has 0 saturated carbocycles. The van der Waals surface area contributed by atoms with Crippen molar-refractivity contribution in [3.63, 3.8) is 0 Å². The van der Waals surface area contributed by atoms with E-state index in [1.54, 1.807) is 0 Å². The third-order valence-corrected chi connectivity index (χ3v) is 3.97. The highest BCUT2D eigenvalue weighted by molar-refractivity contribution is 14.0. The maximum atomic E-state index is 10.7. The largest absolute Gasteiger partial charge is 0.484 e. The van der Waals surface area contributed by atoms with Crippen molar-refractivity contribution in [1.29, 1.82) is 0 Å². The van der Waals surface area contributed by atoms with E-state index >= 15 is 0 Å². The number of benzene rings is 2. The second-order valence-corrected chi connectivity index (χ2v) is 6.19. The minimum atomic E-state index is -0.485. The van der Waals surface area contributed by atoms with Gasteiger partial charge in [0.05, 0.1) is 6.04 Å². The highest BCUT2D eigenvalue weighted by Crippen LogP contribution is 2.13. The Kier molecular flexibility index (Phi) is 11.0. The normalized spacial score (nSPS) is 11.9. The van der Waals surface area contributed by atoms with Gasteiger partial charge in [-0.1, -0.05) is 42.5 Å². The molecule has 0 aromatic heterocycles. The lowest BCUT2D eigenvalue weighted by Gasteiger charge is -2.18. The van der Waals surface area contributed by atoms with Crippen LogP contribution in [0, 0.1) is 0 Å². The van der Waals surface area contributed by atoms with Gasteiger partial charge in [-0.25, -0.2) is 0 Å². The van der Waals surface area contributed by atoms with Gasteiger partial charge in [-0.15, -0.1) is 24.0 Å². The van der Waals surface area contributed by atoms with Gasteiger partial charge in [0.25, 0.3) is 5.91 Å². The molecule has 28 heavy (non-hydrogen) atoms. The van der Waals surface area contributed by atoms with E-state index in [4.69, 9.17) is 10.5 Å². The summed E-state index contributed by atoms with van der Waals surface area (Å²) in [5.74, 6) is 0.949. The van der Waals surface area contributed by atoms with Gasteiger partial charge in [0.2, 0.25) is 0 Å². The molecule has 2 rings (SSSR count). The van der Waals surface area contributed by atoms with Crippen LogP contribution < -0.4 is 21.1 Å². The van der Waals surface area contributed by atoms with Crippen LogP contribution in [0.1, 0.15) is 31.0 Å².